The Morgan fingerprint density at radius 2 is 1.05 bits per heavy atom. The second-order valence-corrected chi connectivity index (χ2v) is 22.1. The number of fused-ring (bicyclic) bond motifs is 4. The van der Waals surface area contributed by atoms with Crippen molar-refractivity contribution in [3.8, 4) is 23.0 Å². The summed E-state index contributed by atoms with van der Waals surface area (Å²) in [5, 5.41) is 29.9. The van der Waals surface area contributed by atoms with Crippen LogP contribution in [0.2, 0.25) is 0 Å². The van der Waals surface area contributed by atoms with Gasteiger partial charge in [0.05, 0.1) is 81.3 Å². The number of ether oxygens (including phenoxy) is 12. The molecule has 4 aromatic rings. The molecule has 0 bridgehead atoms. The lowest BCUT2D eigenvalue weighted by atomic mass is 10.0. The molecule has 8 aliphatic rings. The van der Waals surface area contributed by atoms with Crippen LogP contribution in [0, 0.1) is 18.8 Å². The fourth-order valence-corrected chi connectivity index (χ4v) is 11.2. The van der Waals surface area contributed by atoms with E-state index in [9.17, 15) is 19.8 Å². The van der Waals surface area contributed by atoms with E-state index < -0.39 is 36.5 Å². The SMILES string of the molecule is Cc1ccc2c(c1)OCCO2.O=C(NC(Cc1ccccc1)C(O)CN(Cc1ccc2c(c1)OCCO2)OC1CCOCC1)OC1COC2OCCC12.O=C(NC(Cc1ccccc1)C(O)CNOC1CCOCC1)OC1COC2OCCC12. The molecule has 22 heteroatoms. The number of aryl methyl sites for hydroxylation is 1. The van der Waals surface area contributed by atoms with Gasteiger partial charge in [-0.2, -0.15) is 10.5 Å². The van der Waals surface area contributed by atoms with E-state index in [0.29, 0.717) is 104 Å². The van der Waals surface area contributed by atoms with Gasteiger partial charge >= 0.3 is 12.2 Å². The smallest absolute Gasteiger partial charge is 0.407 e. The molecule has 6 fully saturated rings. The molecule has 0 aromatic heterocycles. The number of alkyl carbamates (subject to hydrolysis) is 2. The van der Waals surface area contributed by atoms with E-state index in [1.165, 1.54) is 5.56 Å². The maximum atomic E-state index is 13.1. The summed E-state index contributed by atoms with van der Waals surface area (Å²) >= 11 is 0. The van der Waals surface area contributed by atoms with Crippen LogP contribution >= 0.6 is 0 Å². The minimum absolute atomic E-state index is 0.0300. The third kappa shape index (κ3) is 18.1. The zero-order valence-corrected chi connectivity index (χ0v) is 47.8. The predicted octanol–water partition coefficient (Wildman–Crippen LogP) is 5.74. The highest BCUT2D eigenvalue weighted by atomic mass is 16.7. The van der Waals surface area contributed by atoms with E-state index in [0.717, 1.165) is 72.5 Å². The molecule has 6 saturated heterocycles. The number of aliphatic hydroxyl groups is 2. The lowest BCUT2D eigenvalue weighted by molar-refractivity contribution is -0.231. The Labute approximate surface area is 490 Å². The second kappa shape index (κ2) is 31.5. The maximum absolute atomic E-state index is 13.1. The Bertz CT molecular complexity index is 2630. The highest BCUT2D eigenvalue weighted by Gasteiger charge is 2.45. The van der Waals surface area contributed by atoms with Crippen LogP contribution in [0.4, 0.5) is 9.59 Å². The van der Waals surface area contributed by atoms with Gasteiger partial charge in [-0.25, -0.2) is 9.59 Å². The lowest BCUT2D eigenvalue weighted by Crippen LogP contribution is -2.51. The zero-order valence-electron chi connectivity index (χ0n) is 47.8. The molecular weight excluding hydrogens is 1090 g/mol. The van der Waals surface area contributed by atoms with E-state index >= 15 is 0 Å². The largest absolute Gasteiger partial charge is 0.486 e. The first-order valence-electron chi connectivity index (χ1n) is 29.7. The lowest BCUT2D eigenvalue weighted by Gasteiger charge is -2.33. The van der Waals surface area contributed by atoms with Crippen LogP contribution < -0.4 is 35.1 Å². The van der Waals surface area contributed by atoms with Crippen molar-refractivity contribution in [3.63, 3.8) is 0 Å². The third-order valence-corrected chi connectivity index (χ3v) is 15.9. The number of hydroxylamine groups is 3. The Kier molecular flexibility index (Phi) is 23.0. The molecule has 0 saturated carbocycles. The van der Waals surface area contributed by atoms with Crippen LogP contribution in [-0.2, 0) is 67.0 Å². The Hall–Kier alpha value is -5.86. The van der Waals surface area contributed by atoms with Gasteiger partial charge in [-0.15, -0.1) is 0 Å². The zero-order chi connectivity index (χ0) is 57.9. The van der Waals surface area contributed by atoms with E-state index in [1.807, 2.05) is 104 Å². The summed E-state index contributed by atoms with van der Waals surface area (Å²) in [6.07, 6.45) is 1.40. The topological polar surface area (TPSA) is 243 Å². The van der Waals surface area contributed by atoms with Gasteiger partial charge in [0.15, 0.2) is 35.6 Å². The minimum Gasteiger partial charge on any atom is -0.486 e. The number of carbonyl (C=O) groups excluding carboxylic acids is 2. The number of hydrogen-bond acceptors (Lipinski definition) is 20. The third-order valence-electron chi connectivity index (χ3n) is 15.9. The number of hydrogen-bond donors (Lipinski definition) is 5. The van der Waals surface area contributed by atoms with Crippen LogP contribution in [0.5, 0.6) is 23.0 Å². The first kappa shape index (κ1) is 61.2. The minimum atomic E-state index is -0.961. The van der Waals surface area contributed by atoms with Gasteiger partial charge in [-0.05, 0) is 105 Å². The van der Waals surface area contributed by atoms with Gasteiger partial charge in [0.1, 0.15) is 38.6 Å². The van der Waals surface area contributed by atoms with Crippen molar-refractivity contribution >= 4 is 12.2 Å². The van der Waals surface area contributed by atoms with Crippen molar-refractivity contribution in [3.05, 3.63) is 119 Å². The number of rotatable bonds is 20. The average Bonchev–Trinajstić information content (AvgIpc) is 4.47. The van der Waals surface area contributed by atoms with Crippen LogP contribution in [0.25, 0.3) is 0 Å². The summed E-state index contributed by atoms with van der Waals surface area (Å²) in [4.78, 5) is 37.8. The molecule has 458 valence electrons. The molecule has 84 heavy (non-hydrogen) atoms. The van der Waals surface area contributed by atoms with Crippen LogP contribution in [0.15, 0.2) is 97.1 Å². The quantitative estimate of drug-likeness (QED) is 0.0663. The highest BCUT2D eigenvalue weighted by molar-refractivity contribution is 5.68. The number of aliphatic hydroxyl groups excluding tert-OH is 2. The van der Waals surface area contributed by atoms with Gasteiger partial charge < -0.3 is 77.7 Å². The normalized spacial score (nSPS) is 24.9. The summed E-state index contributed by atoms with van der Waals surface area (Å²) in [7, 11) is 0. The Morgan fingerprint density at radius 3 is 1.61 bits per heavy atom. The van der Waals surface area contributed by atoms with Crippen molar-refractivity contribution < 1.29 is 86.3 Å². The molecular formula is C62H82N4O18. The first-order chi connectivity index (χ1) is 41.1. The predicted molar refractivity (Wildman–Crippen MR) is 302 cm³/mol. The molecule has 2 amide bonds. The van der Waals surface area contributed by atoms with Gasteiger partial charge in [-0.3, -0.25) is 9.68 Å². The molecule has 0 spiro atoms. The van der Waals surface area contributed by atoms with Gasteiger partial charge in [0.25, 0.3) is 0 Å². The first-order valence-corrected chi connectivity index (χ1v) is 29.7. The Balaban J connectivity index is 0.000000163. The molecule has 0 radical (unpaired) electrons. The fraction of sp³-hybridized carbons (Fsp3) is 0.581. The van der Waals surface area contributed by atoms with E-state index in [-0.39, 0.29) is 61.9 Å². The monoisotopic (exact) mass is 1170 g/mol. The number of benzene rings is 4. The summed E-state index contributed by atoms with van der Waals surface area (Å²) in [6.45, 7) is 9.61. The average molecular weight is 1170 g/mol. The van der Waals surface area contributed by atoms with Crippen molar-refractivity contribution in [2.75, 3.05) is 92.4 Å². The van der Waals surface area contributed by atoms with E-state index in [2.05, 4.69) is 16.1 Å². The molecule has 4 aromatic carbocycles. The summed E-state index contributed by atoms with van der Waals surface area (Å²) in [5.74, 6) is 3.25. The molecule has 5 N–H and O–H groups in total. The van der Waals surface area contributed by atoms with Crippen LogP contribution in [-0.4, -0.2) is 181 Å². The number of nitrogens with one attached hydrogen (secondary N) is 3. The van der Waals surface area contributed by atoms with Crippen LogP contribution in [0.1, 0.15) is 60.8 Å². The fourth-order valence-electron chi connectivity index (χ4n) is 11.2. The van der Waals surface area contributed by atoms with Crippen LogP contribution in [0.3, 0.4) is 0 Å². The number of amides is 2. The Morgan fingerprint density at radius 1 is 0.548 bits per heavy atom. The van der Waals surface area contributed by atoms with E-state index in [1.54, 1.807) is 5.06 Å². The maximum Gasteiger partial charge on any atom is 0.407 e. The highest BCUT2D eigenvalue weighted by Crippen LogP contribution is 2.35. The van der Waals surface area contributed by atoms with Crippen molar-refractivity contribution in [1.29, 1.82) is 0 Å². The molecule has 12 rings (SSSR count). The standard InChI is InChI=1S/C31H40N2O9.C22H32N2O7.C9H10O2/c34-26(19-33(42-23-8-11-36-12-9-23)18-22-6-7-27-28(17-22)38-15-14-37-27)25(16-21-4-2-1-3-5-21)32-31(35)41-29-20-40-30-24(29)10-13-39-30;25-19(13-23-31-16-6-9-27-10-7-16)18(12-15-4-2-1-3-5-15)24-22(26)30-20-14-29-21-17(20)8-11-28-21;1-7-2-3-8-9(6-7)11-5-4-10-8/h1-7,17,23-26,29-30,34H,8-16,18-20H2,(H,32,35);1-5,16-21,23,25H,6-14H2,(H,24,26);2-3,6H,4-5H2,1H3. The molecule has 10 atom stereocenters. The summed E-state index contributed by atoms with van der Waals surface area (Å²) in [5.41, 5.74) is 7.02. The van der Waals surface area contributed by atoms with E-state index in [4.69, 9.17) is 66.5 Å². The van der Waals surface area contributed by atoms with Crippen molar-refractivity contribution in [2.45, 2.75) is 126 Å². The number of nitrogens with zero attached hydrogens (tertiary/aromatic N) is 1. The van der Waals surface area contributed by atoms with Crippen molar-refractivity contribution in [1.82, 2.24) is 21.2 Å². The molecule has 10 unspecified atom stereocenters. The van der Waals surface area contributed by atoms with Crippen molar-refractivity contribution in [2.24, 2.45) is 11.8 Å². The summed E-state index contributed by atoms with van der Waals surface area (Å²) in [6, 6.07) is 30.1. The van der Waals surface area contributed by atoms with Gasteiger partial charge in [-0.1, -0.05) is 72.8 Å². The second-order valence-electron chi connectivity index (χ2n) is 22.1. The molecule has 0 aliphatic carbocycles. The molecule has 8 aliphatic heterocycles. The molecule has 8 heterocycles. The van der Waals surface area contributed by atoms with Gasteiger partial charge in [0.2, 0.25) is 0 Å². The summed E-state index contributed by atoms with van der Waals surface area (Å²) < 4.78 is 66.6. The molecule has 22 nitrogen and oxygen atoms in total. The van der Waals surface area contributed by atoms with Gasteiger partial charge in [0, 0.05) is 39.5 Å². The number of carbonyl (C=O) groups is 2.